The molecule has 3 aliphatic rings. The first-order valence-electron chi connectivity index (χ1n) is 7.90. The Bertz CT molecular complexity index is 546. The number of benzene rings is 1. The van der Waals surface area contributed by atoms with E-state index in [9.17, 15) is 5.11 Å². The summed E-state index contributed by atoms with van der Waals surface area (Å²) in [4.78, 5) is 7.27. The van der Waals surface area contributed by atoms with E-state index < -0.39 is 5.60 Å². The number of fused-ring (bicyclic) bond motifs is 2. The molecule has 106 valence electrons. The predicted molar refractivity (Wildman–Crippen MR) is 80.1 cm³/mol. The Morgan fingerprint density at radius 1 is 1.15 bits per heavy atom. The second kappa shape index (κ2) is 4.59. The number of nitrogens with zero attached hydrogens (tertiary/aromatic N) is 2. The minimum absolute atomic E-state index is 0.246. The summed E-state index contributed by atoms with van der Waals surface area (Å²) in [5, 5.41) is 11.1. The molecule has 1 saturated carbocycles. The Balaban J connectivity index is 1.69. The summed E-state index contributed by atoms with van der Waals surface area (Å²) in [5.41, 5.74) is 1.91. The molecule has 3 nitrogen and oxygen atoms in total. The molecule has 4 rings (SSSR count). The highest BCUT2D eigenvalue weighted by molar-refractivity contribution is 5.91. The van der Waals surface area contributed by atoms with Crippen LogP contribution in [0, 0.1) is 5.92 Å². The third kappa shape index (κ3) is 1.87. The molecule has 1 aromatic rings. The van der Waals surface area contributed by atoms with Gasteiger partial charge in [-0.3, -0.25) is 0 Å². The van der Waals surface area contributed by atoms with Crippen LogP contribution in [0.4, 0.5) is 5.69 Å². The van der Waals surface area contributed by atoms with E-state index in [1.165, 1.54) is 12.0 Å². The van der Waals surface area contributed by atoms with Crippen molar-refractivity contribution in [2.45, 2.75) is 50.7 Å². The molecule has 20 heavy (non-hydrogen) atoms. The zero-order valence-corrected chi connectivity index (χ0v) is 11.9. The van der Waals surface area contributed by atoms with Gasteiger partial charge < -0.3 is 10.0 Å². The van der Waals surface area contributed by atoms with E-state index in [1.807, 2.05) is 0 Å². The Hall–Kier alpha value is -1.35. The summed E-state index contributed by atoms with van der Waals surface area (Å²) >= 11 is 0. The fourth-order valence-corrected chi connectivity index (χ4v) is 4.16. The number of hydrogen-bond acceptors (Lipinski definition) is 3. The summed E-state index contributed by atoms with van der Waals surface area (Å²) in [6.07, 6.45) is 6.56. The monoisotopic (exact) mass is 270 g/mol. The van der Waals surface area contributed by atoms with Crippen molar-refractivity contribution >= 4 is 11.5 Å². The number of aliphatic hydroxyl groups is 1. The zero-order chi connectivity index (χ0) is 13.6. The van der Waals surface area contributed by atoms with Crippen LogP contribution in [0.5, 0.6) is 0 Å². The standard InChI is InChI=1S/C17H22N2O/c20-17(9-4-1-5-10-17)14-8-11-19-12-13-6-2-3-7-15(13)18-16(14)19/h2-3,6-7,14,20H,1,4-5,8-12H2. The topological polar surface area (TPSA) is 35.8 Å². The molecule has 1 unspecified atom stereocenters. The lowest BCUT2D eigenvalue weighted by molar-refractivity contribution is -0.0255. The van der Waals surface area contributed by atoms with Crippen LogP contribution in [-0.4, -0.2) is 28.0 Å². The van der Waals surface area contributed by atoms with E-state index in [0.29, 0.717) is 0 Å². The van der Waals surface area contributed by atoms with Gasteiger partial charge in [0.1, 0.15) is 5.84 Å². The highest BCUT2D eigenvalue weighted by atomic mass is 16.3. The molecule has 1 aliphatic carbocycles. The van der Waals surface area contributed by atoms with E-state index in [4.69, 9.17) is 4.99 Å². The molecule has 0 radical (unpaired) electrons. The van der Waals surface area contributed by atoms with Crippen molar-refractivity contribution in [1.82, 2.24) is 4.90 Å². The number of rotatable bonds is 1. The Morgan fingerprint density at radius 2 is 1.95 bits per heavy atom. The largest absolute Gasteiger partial charge is 0.389 e. The predicted octanol–water partition coefficient (Wildman–Crippen LogP) is 3.25. The molecule has 0 bridgehead atoms. The average molecular weight is 270 g/mol. The van der Waals surface area contributed by atoms with Crippen LogP contribution in [0.1, 0.15) is 44.1 Å². The van der Waals surface area contributed by atoms with Crippen molar-refractivity contribution in [3.05, 3.63) is 29.8 Å². The van der Waals surface area contributed by atoms with Gasteiger partial charge in [-0.15, -0.1) is 0 Å². The molecular weight excluding hydrogens is 248 g/mol. The highest BCUT2D eigenvalue weighted by Gasteiger charge is 2.46. The van der Waals surface area contributed by atoms with Crippen LogP contribution in [-0.2, 0) is 6.54 Å². The molecule has 2 fully saturated rings. The van der Waals surface area contributed by atoms with Crippen molar-refractivity contribution in [3.8, 4) is 0 Å². The van der Waals surface area contributed by atoms with Crippen molar-refractivity contribution in [2.24, 2.45) is 10.9 Å². The fraction of sp³-hybridized carbons (Fsp3) is 0.588. The Labute approximate surface area is 120 Å². The van der Waals surface area contributed by atoms with Crippen LogP contribution < -0.4 is 0 Å². The smallest absolute Gasteiger partial charge is 0.111 e. The van der Waals surface area contributed by atoms with Crippen LogP contribution in [0.2, 0.25) is 0 Å². The summed E-state index contributed by atoms with van der Waals surface area (Å²) in [5.74, 6) is 1.39. The molecule has 1 saturated heterocycles. The summed E-state index contributed by atoms with van der Waals surface area (Å²) in [6.45, 7) is 2.00. The van der Waals surface area contributed by atoms with Gasteiger partial charge in [0.15, 0.2) is 0 Å². The highest BCUT2D eigenvalue weighted by Crippen LogP contribution is 2.42. The minimum atomic E-state index is -0.502. The van der Waals surface area contributed by atoms with Gasteiger partial charge in [0, 0.05) is 19.0 Å². The lowest BCUT2D eigenvalue weighted by Gasteiger charge is -2.38. The molecule has 0 aromatic heterocycles. The van der Waals surface area contributed by atoms with Crippen LogP contribution in [0.3, 0.4) is 0 Å². The van der Waals surface area contributed by atoms with Gasteiger partial charge in [-0.1, -0.05) is 37.5 Å². The fourth-order valence-electron chi connectivity index (χ4n) is 4.16. The van der Waals surface area contributed by atoms with E-state index in [1.54, 1.807) is 0 Å². The summed E-state index contributed by atoms with van der Waals surface area (Å²) in [7, 11) is 0. The van der Waals surface area contributed by atoms with Crippen molar-refractivity contribution < 1.29 is 5.11 Å². The normalized spacial score (nSPS) is 27.8. The van der Waals surface area contributed by atoms with Crippen LogP contribution in [0.15, 0.2) is 29.3 Å². The molecule has 2 heterocycles. The molecule has 1 atom stereocenters. The van der Waals surface area contributed by atoms with Gasteiger partial charge in [-0.25, -0.2) is 4.99 Å². The minimum Gasteiger partial charge on any atom is -0.389 e. The van der Waals surface area contributed by atoms with Crippen molar-refractivity contribution in [2.75, 3.05) is 6.54 Å². The van der Waals surface area contributed by atoms with E-state index in [2.05, 4.69) is 29.2 Å². The van der Waals surface area contributed by atoms with Gasteiger partial charge in [0.05, 0.1) is 11.3 Å². The molecule has 1 aromatic carbocycles. The number of hydrogen-bond donors (Lipinski definition) is 1. The maximum absolute atomic E-state index is 11.1. The van der Waals surface area contributed by atoms with E-state index in [0.717, 1.165) is 56.7 Å². The van der Waals surface area contributed by atoms with Crippen LogP contribution >= 0.6 is 0 Å². The van der Waals surface area contributed by atoms with Gasteiger partial charge in [0.25, 0.3) is 0 Å². The summed E-state index contributed by atoms with van der Waals surface area (Å²) < 4.78 is 0. The van der Waals surface area contributed by atoms with Crippen molar-refractivity contribution in [3.63, 3.8) is 0 Å². The van der Waals surface area contributed by atoms with Gasteiger partial charge >= 0.3 is 0 Å². The first-order valence-corrected chi connectivity index (χ1v) is 7.90. The first kappa shape index (κ1) is 12.4. The number of amidine groups is 1. The second-order valence-corrected chi connectivity index (χ2v) is 6.53. The molecule has 1 N–H and O–H groups in total. The first-order chi connectivity index (χ1) is 9.76. The molecule has 0 amide bonds. The van der Waals surface area contributed by atoms with Gasteiger partial charge in [-0.05, 0) is 30.9 Å². The average Bonchev–Trinajstić information content (AvgIpc) is 2.89. The third-order valence-electron chi connectivity index (χ3n) is 5.28. The second-order valence-electron chi connectivity index (χ2n) is 6.53. The SMILES string of the molecule is OC1(C2CCN3Cc4ccccc4N=C23)CCCCC1. The van der Waals surface area contributed by atoms with Gasteiger partial charge in [-0.2, -0.15) is 0 Å². The number of para-hydroxylation sites is 1. The van der Waals surface area contributed by atoms with E-state index >= 15 is 0 Å². The quantitative estimate of drug-likeness (QED) is 0.850. The lowest BCUT2D eigenvalue weighted by Crippen LogP contribution is -2.44. The lowest BCUT2D eigenvalue weighted by atomic mass is 9.74. The third-order valence-corrected chi connectivity index (χ3v) is 5.28. The Morgan fingerprint density at radius 3 is 2.80 bits per heavy atom. The molecule has 0 spiro atoms. The van der Waals surface area contributed by atoms with E-state index in [-0.39, 0.29) is 5.92 Å². The maximum Gasteiger partial charge on any atom is 0.111 e. The van der Waals surface area contributed by atoms with Crippen molar-refractivity contribution in [1.29, 1.82) is 0 Å². The molecule has 2 aliphatic heterocycles. The summed E-state index contributed by atoms with van der Waals surface area (Å²) in [6, 6.07) is 8.40. The maximum atomic E-state index is 11.1. The number of aliphatic imine (C=N–C) groups is 1. The van der Waals surface area contributed by atoms with Crippen LogP contribution in [0.25, 0.3) is 0 Å². The Kier molecular flexibility index (Phi) is 2.84. The molecular formula is C17H22N2O. The molecule has 3 heteroatoms. The zero-order valence-electron chi connectivity index (χ0n) is 11.9. The van der Waals surface area contributed by atoms with Gasteiger partial charge in [0.2, 0.25) is 0 Å².